The van der Waals surface area contributed by atoms with E-state index in [1.165, 1.54) is 44.3 Å². The number of carbonyl (C=O) groups is 1. The fraction of sp³-hybridized carbons (Fsp3) is 0.778. The van der Waals surface area contributed by atoms with Crippen LogP contribution in [0, 0.1) is 11.8 Å². The van der Waals surface area contributed by atoms with Crippen molar-refractivity contribution in [3.8, 4) is 0 Å². The number of alkyl halides is 3. The van der Waals surface area contributed by atoms with Crippen molar-refractivity contribution in [2.45, 2.75) is 51.4 Å². The van der Waals surface area contributed by atoms with Crippen LogP contribution in [-0.4, -0.2) is 58.7 Å². The fourth-order valence-electron chi connectivity index (χ4n) is 3.83. The van der Waals surface area contributed by atoms with Gasteiger partial charge in [0.15, 0.2) is 0 Å². The van der Waals surface area contributed by atoms with Gasteiger partial charge < -0.3 is 9.84 Å². The van der Waals surface area contributed by atoms with Crippen LogP contribution in [0.5, 0.6) is 0 Å². The predicted octanol–water partition coefficient (Wildman–Crippen LogP) is 3.17. The van der Waals surface area contributed by atoms with Gasteiger partial charge in [-0.2, -0.15) is 18.3 Å². The molecule has 1 unspecified atom stereocenters. The third-order valence-electron chi connectivity index (χ3n) is 5.02. The molecule has 0 amide bonds. The van der Waals surface area contributed by atoms with Crippen molar-refractivity contribution >= 4 is 5.97 Å². The topological polar surface area (TPSA) is 67.6 Å². The summed E-state index contributed by atoms with van der Waals surface area (Å²) in [6.45, 7) is 5.29. The number of nitrogens with zero attached hydrogens (tertiary/aromatic N) is 3. The zero-order chi connectivity index (χ0) is 19.9. The molecule has 1 fully saturated rings. The minimum atomic E-state index is -5.08. The van der Waals surface area contributed by atoms with Crippen LogP contribution in [0.15, 0.2) is 12.3 Å². The second-order valence-corrected chi connectivity index (χ2v) is 7.33. The Hall–Kier alpha value is -1.61. The van der Waals surface area contributed by atoms with E-state index in [9.17, 15) is 13.2 Å². The van der Waals surface area contributed by atoms with Crippen LogP contribution in [0.2, 0.25) is 0 Å². The Bertz CT molecular complexity index is 586. The largest absolute Gasteiger partial charge is 0.490 e. The number of hydrogen-bond acceptors (Lipinski definition) is 4. The summed E-state index contributed by atoms with van der Waals surface area (Å²) in [6, 6.07) is 2.17. The van der Waals surface area contributed by atoms with Crippen molar-refractivity contribution in [2.75, 3.05) is 26.8 Å². The zero-order valence-electron chi connectivity index (χ0n) is 15.6. The smallest absolute Gasteiger partial charge is 0.475 e. The van der Waals surface area contributed by atoms with E-state index in [4.69, 9.17) is 14.6 Å². The number of aromatic nitrogens is 2. The first-order valence-electron chi connectivity index (χ1n) is 9.31. The van der Waals surface area contributed by atoms with Gasteiger partial charge in [0.25, 0.3) is 0 Å². The molecule has 2 aliphatic rings. The number of carboxylic acid groups (broad SMARTS) is 1. The third-order valence-corrected chi connectivity index (χ3v) is 5.02. The number of hydrogen-bond donors (Lipinski definition) is 1. The molecular weight excluding hydrogens is 363 g/mol. The molecule has 1 aromatic heterocycles. The average molecular weight is 391 g/mol. The maximum absolute atomic E-state index is 10.6. The van der Waals surface area contributed by atoms with Gasteiger partial charge in [-0.15, -0.1) is 0 Å². The van der Waals surface area contributed by atoms with Gasteiger partial charge in [-0.25, -0.2) is 4.79 Å². The molecule has 1 N–H and O–H groups in total. The number of carboxylic acids is 1. The van der Waals surface area contributed by atoms with Gasteiger partial charge in [0.1, 0.15) is 0 Å². The lowest BCUT2D eigenvalue weighted by Crippen LogP contribution is -2.34. The fourth-order valence-corrected chi connectivity index (χ4v) is 3.83. The summed E-state index contributed by atoms with van der Waals surface area (Å²) in [5, 5.41) is 11.6. The van der Waals surface area contributed by atoms with Crippen molar-refractivity contribution in [2.24, 2.45) is 11.8 Å². The van der Waals surface area contributed by atoms with E-state index in [1.54, 1.807) is 7.11 Å². The van der Waals surface area contributed by atoms with Crippen LogP contribution >= 0.6 is 0 Å². The molecule has 1 aromatic rings. The quantitative estimate of drug-likeness (QED) is 0.854. The number of ether oxygens (including phenoxy) is 1. The minimum absolute atomic E-state index is 0.560. The minimum Gasteiger partial charge on any atom is -0.475 e. The summed E-state index contributed by atoms with van der Waals surface area (Å²) >= 11 is 0. The van der Waals surface area contributed by atoms with Crippen molar-refractivity contribution in [3.63, 3.8) is 0 Å². The van der Waals surface area contributed by atoms with Crippen LogP contribution in [0.3, 0.4) is 0 Å². The summed E-state index contributed by atoms with van der Waals surface area (Å²) in [6.07, 6.45) is 3.99. The molecule has 3 rings (SSSR count). The Morgan fingerprint density at radius 1 is 1.26 bits per heavy atom. The van der Waals surface area contributed by atoms with E-state index >= 15 is 0 Å². The average Bonchev–Trinajstić information content (AvgIpc) is 2.95. The van der Waals surface area contributed by atoms with Gasteiger partial charge >= 0.3 is 12.1 Å². The molecule has 0 aromatic carbocycles. The van der Waals surface area contributed by atoms with E-state index in [-0.39, 0.29) is 0 Å². The summed E-state index contributed by atoms with van der Waals surface area (Å²) in [4.78, 5) is 11.5. The first kappa shape index (κ1) is 21.7. The van der Waals surface area contributed by atoms with Crippen LogP contribution in [0.25, 0.3) is 0 Å². The zero-order valence-corrected chi connectivity index (χ0v) is 15.6. The molecular formula is C18H28F3N3O3. The molecule has 1 atom stereocenters. The molecule has 6 nitrogen and oxygen atoms in total. The van der Waals surface area contributed by atoms with Gasteiger partial charge in [0.05, 0.1) is 12.3 Å². The van der Waals surface area contributed by atoms with Gasteiger partial charge in [0.2, 0.25) is 0 Å². The van der Waals surface area contributed by atoms with Gasteiger partial charge in [0, 0.05) is 45.4 Å². The highest BCUT2D eigenvalue weighted by atomic mass is 19.4. The molecule has 2 heterocycles. The monoisotopic (exact) mass is 391 g/mol. The Balaban J connectivity index is 0.000000321. The summed E-state index contributed by atoms with van der Waals surface area (Å²) in [7, 11) is 1.81. The van der Waals surface area contributed by atoms with Gasteiger partial charge in [-0.1, -0.05) is 19.3 Å². The van der Waals surface area contributed by atoms with Crippen LogP contribution in [-0.2, 0) is 22.6 Å². The Morgan fingerprint density at radius 3 is 2.52 bits per heavy atom. The number of aliphatic carboxylic acids is 1. The van der Waals surface area contributed by atoms with Crippen LogP contribution < -0.4 is 0 Å². The molecule has 0 radical (unpaired) electrons. The lowest BCUT2D eigenvalue weighted by molar-refractivity contribution is -0.192. The first-order chi connectivity index (χ1) is 12.8. The third kappa shape index (κ3) is 7.14. The maximum Gasteiger partial charge on any atom is 0.490 e. The number of methoxy groups -OCH3 is 1. The standard InChI is InChI=1S/C16H27N3O.C2HF3O2/c1-20-13-15-10-18(9-14-5-3-2-4-6-14)12-16-7-8-17-19(16)11-15;3-2(4,5)1(6)7/h7-8,14-15H,2-6,9-13H2,1H3;(H,6,7). The number of fused-ring (bicyclic) bond motifs is 1. The lowest BCUT2D eigenvalue weighted by Gasteiger charge is -2.30. The van der Waals surface area contributed by atoms with E-state index in [0.717, 1.165) is 32.2 Å². The van der Waals surface area contributed by atoms with E-state index in [1.807, 2.05) is 6.20 Å². The lowest BCUT2D eigenvalue weighted by atomic mass is 9.89. The highest BCUT2D eigenvalue weighted by Crippen LogP contribution is 2.26. The summed E-state index contributed by atoms with van der Waals surface area (Å²) in [5.41, 5.74) is 1.36. The van der Waals surface area contributed by atoms with E-state index in [0.29, 0.717) is 5.92 Å². The SMILES string of the molecule is COCC1CN(CC2CCCCC2)Cc2ccnn2C1.O=C(O)C(F)(F)F. The second-order valence-electron chi connectivity index (χ2n) is 7.33. The number of rotatable bonds is 4. The maximum atomic E-state index is 10.6. The van der Waals surface area contributed by atoms with Crippen LogP contribution in [0.1, 0.15) is 37.8 Å². The van der Waals surface area contributed by atoms with E-state index < -0.39 is 12.1 Å². The van der Waals surface area contributed by atoms with Gasteiger partial charge in [-0.05, 0) is 24.8 Å². The summed E-state index contributed by atoms with van der Waals surface area (Å²) in [5.74, 6) is -1.29. The molecule has 9 heteroatoms. The first-order valence-corrected chi connectivity index (χ1v) is 9.31. The molecule has 154 valence electrons. The molecule has 1 aliphatic carbocycles. The normalized spacial score (nSPS) is 21.7. The molecule has 0 bridgehead atoms. The van der Waals surface area contributed by atoms with Crippen LogP contribution in [0.4, 0.5) is 13.2 Å². The van der Waals surface area contributed by atoms with Crippen molar-refractivity contribution in [1.29, 1.82) is 0 Å². The molecule has 0 saturated heterocycles. The van der Waals surface area contributed by atoms with Crippen molar-refractivity contribution < 1.29 is 27.8 Å². The Labute approximate surface area is 157 Å². The highest BCUT2D eigenvalue weighted by Gasteiger charge is 2.38. The molecule has 0 spiro atoms. The molecule has 1 aliphatic heterocycles. The van der Waals surface area contributed by atoms with E-state index in [2.05, 4.69) is 20.7 Å². The second kappa shape index (κ2) is 10.1. The molecule has 1 saturated carbocycles. The summed E-state index contributed by atoms with van der Waals surface area (Å²) < 4.78 is 39.3. The van der Waals surface area contributed by atoms with Gasteiger partial charge in [-0.3, -0.25) is 9.58 Å². The predicted molar refractivity (Wildman–Crippen MR) is 93.1 cm³/mol. The Morgan fingerprint density at radius 2 is 1.93 bits per heavy atom. The van der Waals surface area contributed by atoms with Crippen molar-refractivity contribution in [3.05, 3.63) is 18.0 Å². The molecule has 27 heavy (non-hydrogen) atoms. The Kier molecular flexibility index (Phi) is 8.09. The van der Waals surface area contributed by atoms with Crippen molar-refractivity contribution in [1.82, 2.24) is 14.7 Å². The number of halogens is 3. The highest BCUT2D eigenvalue weighted by molar-refractivity contribution is 5.73.